The number of pyridine rings is 2. The highest BCUT2D eigenvalue weighted by atomic mass is 15.3. The van der Waals surface area contributed by atoms with E-state index in [-0.39, 0.29) is 6.04 Å². The van der Waals surface area contributed by atoms with Gasteiger partial charge in [0.2, 0.25) is 0 Å². The van der Waals surface area contributed by atoms with Gasteiger partial charge >= 0.3 is 0 Å². The molecule has 9 heteroatoms. The summed E-state index contributed by atoms with van der Waals surface area (Å²) in [7, 11) is 1.94. The van der Waals surface area contributed by atoms with Crippen molar-refractivity contribution in [3.05, 3.63) is 54.1 Å². The van der Waals surface area contributed by atoms with Crippen LogP contribution in [0.1, 0.15) is 24.6 Å². The van der Waals surface area contributed by atoms with E-state index in [0.29, 0.717) is 11.5 Å². The van der Waals surface area contributed by atoms with E-state index in [2.05, 4.69) is 31.1 Å². The lowest BCUT2D eigenvalue weighted by atomic mass is 10.1. The lowest BCUT2D eigenvalue weighted by molar-refractivity contribution is 0.734. The monoisotopic (exact) mass is 415 g/mol. The summed E-state index contributed by atoms with van der Waals surface area (Å²) in [4.78, 5) is 22.7. The minimum Gasteiger partial charge on any atom is -0.328 e. The Morgan fingerprint density at radius 2 is 2.03 bits per heavy atom. The topological polar surface area (TPSA) is 113 Å². The lowest BCUT2D eigenvalue weighted by Crippen LogP contribution is -2.25. The van der Waals surface area contributed by atoms with E-state index in [1.807, 2.05) is 43.3 Å². The number of nitrogens with zero attached hydrogens (tertiary/aromatic N) is 7. The van der Waals surface area contributed by atoms with Crippen LogP contribution in [0.5, 0.6) is 0 Å². The van der Waals surface area contributed by atoms with Crippen molar-refractivity contribution in [2.45, 2.75) is 32.2 Å². The van der Waals surface area contributed by atoms with Crippen LogP contribution < -0.4 is 15.5 Å². The van der Waals surface area contributed by atoms with Gasteiger partial charge in [-0.05, 0) is 49.9 Å². The first kappa shape index (κ1) is 19.4. The smallest absolute Gasteiger partial charge is 0.183 e. The second kappa shape index (κ2) is 7.92. The zero-order valence-corrected chi connectivity index (χ0v) is 17.7. The molecular formula is C22H25N9. The molecule has 0 spiro atoms. The van der Waals surface area contributed by atoms with Crippen molar-refractivity contribution in [2.75, 3.05) is 23.4 Å². The molecule has 0 saturated carbocycles. The predicted molar refractivity (Wildman–Crippen MR) is 121 cm³/mol. The van der Waals surface area contributed by atoms with Crippen molar-refractivity contribution >= 4 is 34.3 Å². The molecule has 0 amide bonds. The molecule has 31 heavy (non-hydrogen) atoms. The standard InChI is InChI=1S/C22H25N9/c1-14(23)12-15-6-3-10-25-21(15)30(2)18-13-26-19-20(27-18)28-29-22(19)31-11-5-7-16-17(31)8-4-9-24-16/h3-4,6,8-10,13-14H,5,7,11-12,23H2,1-2H3,(H,27,28,29)/t14-/m0/s1. The summed E-state index contributed by atoms with van der Waals surface area (Å²) in [5.74, 6) is 2.29. The number of aryl methyl sites for hydroxylation is 1. The molecule has 4 aromatic rings. The average Bonchev–Trinajstić information content (AvgIpc) is 3.21. The van der Waals surface area contributed by atoms with Crippen molar-refractivity contribution in [3.63, 3.8) is 0 Å². The number of aromatic amines is 1. The molecule has 3 N–H and O–H groups in total. The third kappa shape index (κ3) is 3.57. The fourth-order valence-corrected chi connectivity index (χ4v) is 4.09. The number of hydrogen-bond acceptors (Lipinski definition) is 8. The van der Waals surface area contributed by atoms with Crippen LogP contribution in [0, 0.1) is 0 Å². The van der Waals surface area contributed by atoms with Crippen molar-refractivity contribution in [2.24, 2.45) is 5.73 Å². The van der Waals surface area contributed by atoms with Gasteiger partial charge in [-0.1, -0.05) is 6.07 Å². The first-order valence-corrected chi connectivity index (χ1v) is 10.5. The van der Waals surface area contributed by atoms with Crippen molar-refractivity contribution in [1.82, 2.24) is 30.1 Å². The number of aromatic nitrogens is 6. The van der Waals surface area contributed by atoms with Crippen molar-refractivity contribution in [1.29, 1.82) is 0 Å². The quantitative estimate of drug-likeness (QED) is 0.512. The molecular weight excluding hydrogens is 390 g/mol. The van der Waals surface area contributed by atoms with Crippen molar-refractivity contribution < 1.29 is 0 Å². The number of H-pyrrole nitrogens is 1. The fraction of sp³-hybridized carbons (Fsp3) is 0.318. The van der Waals surface area contributed by atoms with E-state index in [0.717, 1.165) is 59.9 Å². The molecule has 4 aromatic heterocycles. The van der Waals surface area contributed by atoms with Crippen LogP contribution in [-0.4, -0.2) is 49.8 Å². The molecule has 9 nitrogen and oxygen atoms in total. The highest BCUT2D eigenvalue weighted by molar-refractivity contribution is 5.87. The Morgan fingerprint density at radius 3 is 2.90 bits per heavy atom. The van der Waals surface area contributed by atoms with E-state index in [4.69, 9.17) is 15.7 Å². The summed E-state index contributed by atoms with van der Waals surface area (Å²) in [6, 6.07) is 8.05. The molecule has 0 radical (unpaired) electrons. The summed E-state index contributed by atoms with van der Waals surface area (Å²) in [6.07, 6.45) is 8.11. The van der Waals surface area contributed by atoms with Crippen molar-refractivity contribution in [3.8, 4) is 0 Å². The Balaban J connectivity index is 1.50. The normalized spacial score (nSPS) is 14.5. The third-order valence-corrected chi connectivity index (χ3v) is 5.52. The molecule has 1 atom stereocenters. The van der Waals surface area contributed by atoms with Gasteiger partial charge < -0.3 is 15.5 Å². The summed E-state index contributed by atoms with van der Waals surface area (Å²) >= 11 is 0. The molecule has 0 saturated heterocycles. The second-order valence-corrected chi connectivity index (χ2v) is 7.92. The van der Waals surface area contributed by atoms with E-state index >= 15 is 0 Å². The molecule has 0 unspecified atom stereocenters. The van der Waals surface area contributed by atoms with Crippen LogP contribution in [0.15, 0.2) is 42.9 Å². The Morgan fingerprint density at radius 1 is 1.19 bits per heavy atom. The van der Waals surface area contributed by atoms with Gasteiger partial charge in [0.25, 0.3) is 0 Å². The zero-order valence-electron chi connectivity index (χ0n) is 17.7. The van der Waals surface area contributed by atoms with Crippen LogP contribution in [-0.2, 0) is 12.8 Å². The van der Waals surface area contributed by atoms with E-state index in [1.54, 1.807) is 12.4 Å². The van der Waals surface area contributed by atoms with Crippen LogP contribution >= 0.6 is 0 Å². The van der Waals surface area contributed by atoms with Gasteiger partial charge in [0.1, 0.15) is 5.82 Å². The van der Waals surface area contributed by atoms with Gasteiger partial charge in [0.15, 0.2) is 22.8 Å². The van der Waals surface area contributed by atoms with E-state index in [9.17, 15) is 0 Å². The predicted octanol–water partition coefficient (Wildman–Crippen LogP) is 2.88. The number of fused-ring (bicyclic) bond motifs is 2. The second-order valence-electron chi connectivity index (χ2n) is 7.92. The number of rotatable bonds is 5. The molecule has 1 aliphatic heterocycles. The minimum atomic E-state index is 0.0435. The minimum absolute atomic E-state index is 0.0435. The summed E-state index contributed by atoms with van der Waals surface area (Å²) < 4.78 is 0. The number of anilines is 4. The number of nitrogens with one attached hydrogen (secondary N) is 1. The first-order chi connectivity index (χ1) is 15.1. The average molecular weight is 416 g/mol. The SMILES string of the molecule is C[C@H](N)Cc1cccnc1N(C)c1cnc2c(N3CCCc4ncccc43)n[nH]c2n1. The van der Waals surface area contributed by atoms with E-state index in [1.165, 1.54) is 0 Å². The first-order valence-electron chi connectivity index (χ1n) is 10.5. The fourth-order valence-electron chi connectivity index (χ4n) is 4.09. The molecule has 1 aliphatic rings. The maximum Gasteiger partial charge on any atom is 0.183 e. The maximum absolute atomic E-state index is 6.02. The molecule has 0 aliphatic carbocycles. The van der Waals surface area contributed by atoms with Gasteiger partial charge in [0, 0.05) is 32.0 Å². The zero-order chi connectivity index (χ0) is 21.4. The molecule has 5 heterocycles. The Bertz CT molecular complexity index is 1220. The Kier molecular flexibility index (Phi) is 4.95. The molecule has 5 rings (SSSR count). The molecule has 158 valence electrons. The van der Waals surface area contributed by atoms with Gasteiger partial charge in [-0.2, -0.15) is 5.10 Å². The highest BCUT2D eigenvalue weighted by Crippen LogP contribution is 2.34. The molecule has 0 fully saturated rings. The molecule has 0 bridgehead atoms. The van der Waals surface area contributed by atoms with Crippen LogP contribution in [0.4, 0.5) is 23.1 Å². The van der Waals surface area contributed by atoms with Gasteiger partial charge in [0.05, 0.1) is 17.6 Å². The van der Waals surface area contributed by atoms with Gasteiger partial charge in [-0.15, -0.1) is 0 Å². The molecule has 0 aromatic carbocycles. The third-order valence-electron chi connectivity index (χ3n) is 5.52. The largest absolute Gasteiger partial charge is 0.328 e. The Labute approximate surface area is 180 Å². The summed E-state index contributed by atoms with van der Waals surface area (Å²) in [5, 5.41) is 7.60. The van der Waals surface area contributed by atoms with Gasteiger partial charge in [-0.25, -0.2) is 15.0 Å². The summed E-state index contributed by atoms with van der Waals surface area (Å²) in [5.41, 5.74) is 10.6. The van der Waals surface area contributed by atoms with Gasteiger partial charge in [-0.3, -0.25) is 10.1 Å². The highest BCUT2D eigenvalue weighted by Gasteiger charge is 2.24. The van der Waals surface area contributed by atoms with E-state index < -0.39 is 0 Å². The summed E-state index contributed by atoms with van der Waals surface area (Å²) in [6.45, 7) is 2.86. The number of hydrogen-bond donors (Lipinski definition) is 2. The number of nitrogens with two attached hydrogens (primary N) is 1. The van der Waals surface area contributed by atoms with Crippen LogP contribution in [0.25, 0.3) is 11.2 Å². The van der Waals surface area contributed by atoms with Crippen LogP contribution in [0.2, 0.25) is 0 Å². The maximum atomic E-state index is 6.02. The Hall–Kier alpha value is -3.59. The lowest BCUT2D eigenvalue weighted by Gasteiger charge is -2.28. The van der Waals surface area contributed by atoms with Crippen LogP contribution in [0.3, 0.4) is 0 Å².